The SMILES string of the molecule is CCCCCCCCCCCCCCCCC[CH2][Al+2]([CH2]CCCCCCCCCCCCCCCCC)[CH2]C(C)C.CCCCC[N-]CCCCC.CCCCC[N-]CCCCC. The second-order valence-corrected chi connectivity index (χ2v) is 24.2. The largest absolute Gasteiger partial charge is 0.991 e. The van der Waals surface area contributed by atoms with E-state index in [0.717, 1.165) is 32.1 Å². The van der Waals surface area contributed by atoms with Crippen LogP contribution in [0.25, 0.3) is 10.6 Å². The number of hydrogen-bond acceptors (Lipinski definition) is 0. The summed E-state index contributed by atoms with van der Waals surface area (Å²) in [5.41, 5.74) is 0. The van der Waals surface area contributed by atoms with Crippen molar-refractivity contribution in [1.82, 2.24) is 0 Å². The van der Waals surface area contributed by atoms with Gasteiger partial charge in [0.25, 0.3) is 0 Å². The van der Waals surface area contributed by atoms with Crippen LogP contribution in [0.5, 0.6) is 0 Å². The van der Waals surface area contributed by atoms with Crippen molar-refractivity contribution in [3.8, 4) is 0 Å². The molecule has 0 spiro atoms. The lowest BCUT2D eigenvalue weighted by atomic mass is 10.0. The van der Waals surface area contributed by atoms with Gasteiger partial charge in [-0.05, 0) is 31.6 Å². The van der Waals surface area contributed by atoms with E-state index in [0.29, 0.717) is 0 Å². The number of hydrogen-bond donors (Lipinski definition) is 0. The van der Waals surface area contributed by atoms with Crippen molar-refractivity contribution in [3.63, 3.8) is 0 Å². The molecule has 2 nitrogen and oxygen atoms in total. The molecule has 63 heavy (non-hydrogen) atoms. The average Bonchev–Trinajstić information content (AvgIpc) is 3.28. The lowest BCUT2D eigenvalue weighted by molar-refractivity contribution is 0.530. The van der Waals surface area contributed by atoms with Crippen LogP contribution in [0.3, 0.4) is 0 Å². The Morgan fingerprint density at radius 3 is 0.603 bits per heavy atom. The molecule has 0 N–H and O–H groups in total. The van der Waals surface area contributed by atoms with Gasteiger partial charge < -0.3 is 10.6 Å². The van der Waals surface area contributed by atoms with Gasteiger partial charge in [-0.3, -0.25) is 0 Å². The normalized spacial score (nSPS) is 11.3. The minimum atomic E-state index is -0.478. The van der Waals surface area contributed by atoms with Crippen LogP contribution in [0.2, 0.25) is 15.8 Å². The van der Waals surface area contributed by atoms with E-state index in [2.05, 4.69) is 66.0 Å². The zero-order valence-electron chi connectivity index (χ0n) is 46.1. The van der Waals surface area contributed by atoms with Gasteiger partial charge in [-0.15, -0.1) is 26.2 Å². The van der Waals surface area contributed by atoms with Gasteiger partial charge in [0.2, 0.25) is 0 Å². The summed E-state index contributed by atoms with van der Waals surface area (Å²) in [5.74, 6) is 0.939. The Labute approximate surface area is 408 Å². The molecule has 0 aliphatic carbocycles. The summed E-state index contributed by atoms with van der Waals surface area (Å²) < 4.78 is 0. The van der Waals surface area contributed by atoms with Crippen molar-refractivity contribution in [2.45, 2.75) is 354 Å². The highest BCUT2D eigenvalue weighted by molar-refractivity contribution is 6.58. The molecule has 0 saturated carbocycles. The first-order valence-corrected chi connectivity index (χ1v) is 32.7. The van der Waals surface area contributed by atoms with E-state index in [1.165, 1.54) is 270 Å². The minimum absolute atomic E-state index is 0.478. The first-order chi connectivity index (χ1) is 31.0. The maximum absolute atomic E-state index is 4.45. The Hall–Kier alpha value is 0.452. The second kappa shape index (κ2) is 66.7. The van der Waals surface area contributed by atoms with E-state index in [1.54, 1.807) is 28.7 Å². The predicted octanol–water partition coefficient (Wildman–Crippen LogP) is 23.1. The fourth-order valence-electron chi connectivity index (χ4n) is 9.13. The summed E-state index contributed by atoms with van der Waals surface area (Å²) >= 11 is -0.478. The molecule has 0 rings (SSSR count). The Bertz CT molecular complexity index is 642. The molecule has 0 heterocycles. The van der Waals surface area contributed by atoms with Crippen LogP contribution < -0.4 is 0 Å². The third-order valence-electron chi connectivity index (χ3n) is 13.4. The summed E-state index contributed by atoms with van der Waals surface area (Å²) in [4.78, 5) is 0. The number of rotatable bonds is 52. The standard InChI is InChI=1S/2C18H37.2C10H22N.C4H9.Al/c2*1-3-5-7-9-11-13-15-17-18-16-14-12-10-8-6-4-2;2*1-3-5-7-9-11-10-8-6-4-2;1-4(2)3;/h2*1,3-18H2,2H3;2*3-10H2,1-2H3;4H,1H2,2-3H3;/q;;2*-1;;+2. The van der Waals surface area contributed by atoms with Gasteiger partial charge in [-0.2, -0.15) is 0 Å². The Morgan fingerprint density at radius 2 is 0.413 bits per heavy atom. The summed E-state index contributed by atoms with van der Waals surface area (Å²) in [6.45, 7) is 22.9. The van der Waals surface area contributed by atoms with Gasteiger partial charge in [0, 0.05) is 0 Å². The third-order valence-corrected chi connectivity index (χ3v) is 17.5. The van der Waals surface area contributed by atoms with Crippen LogP contribution in [0.15, 0.2) is 0 Å². The summed E-state index contributed by atoms with van der Waals surface area (Å²) in [6.07, 6.45) is 63.5. The molecule has 3 heteroatoms. The number of unbranched alkanes of at least 4 members (excludes halogenated alkanes) is 38. The highest BCUT2D eigenvalue weighted by Gasteiger charge is 2.56. The molecule has 0 unspecified atom stereocenters. The van der Waals surface area contributed by atoms with Crippen LogP contribution in [0.1, 0.15) is 338 Å². The lowest BCUT2D eigenvalue weighted by Crippen LogP contribution is -2.14. The fourth-order valence-corrected chi connectivity index (χ4v) is 13.0. The molecular formula is C60H127AlN2. The monoisotopic (exact) mass is 903 g/mol. The molecule has 0 aromatic rings. The van der Waals surface area contributed by atoms with Crippen molar-refractivity contribution in [1.29, 1.82) is 0 Å². The minimum Gasteiger partial charge on any atom is -0.662 e. The summed E-state index contributed by atoms with van der Waals surface area (Å²) in [6, 6.07) is 0. The van der Waals surface area contributed by atoms with Crippen LogP contribution in [-0.4, -0.2) is 40.3 Å². The van der Waals surface area contributed by atoms with Gasteiger partial charge in [0.1, 0.15) is 15.8 Å². The van der Waals surface area contributed by atoms with Gasteiger partial charge in [0.05, 0.1) is 0 Å². The molecule has 0 amide bonds. The van der Waals surface area contributed by atoms with Gasteiger partial charge >= 0.3 is 14.1 Å². The Morgan fingerprint density at radius 1 is 0.238 bits per heavy atom. The van der Waals surface area contributed by atoms with E-state index in [9.17, 15) is 0 Å². The molecule has 0 bridgehead atoms. The highest BCUT2D eigenvalue weighted by Crippen LogP contribution is 2.22. The highest BCUT2D eigenvalue weighted by atomic mass is 27.2. The molecule has 0 saturated heterocycles. The smallest absolute Gasteiger partial charge is 0.662 e. The molecule has 0 aromatic carbocycles. The van der Waals surface area contributed by atoms with E-state index >= 15 is 0 Å². The fraction of sp³-hybridized carbons (Fsp3) is 1.00. The molecule has 0 aromatic heterocycles. The molecule has 0 atom stereocenters. The lowest BCUT2D eigenvalue weighted by Gasteiger charge is -2.17. The van der Waals surface area contributed by atoms with E-state index < -0.39 is 14.1 Å². The van der Waals surface area contributed by atoms with Gasteiger partial charge in [-0.1, -0.05) is 312 Å². The summed E-state index contributed by atoms with van der Waals surface area (Å²) in [5, 5.41) is 13.8. The van der Waals surface area contributed by atoms with Crippen LogP contribution in [0, 0.1) is 5.92 Å². The predicted molar refractivity (Wildman–Crippen MR) is 298 cm³/mol. The molecule has 4 radical (unpaired) electrons. The van der Waals surface area contributed by atoms with Gasteiger partial charge in [-0.25, -0.2) is 0 Å². The zero-order valence-corrected chi connectivity index (χ0v) is 47.3. The molecule has 0 aliphatic heterocycles. The van der Waals surface area contributed by atoms with Crippen molar-refractivity contribution in [2.75, 3.05) is 26.2 Å². The second-order valence-electron chi connectivity index (χ2n) is 20.8. The zero-order chi connectivity index (χ0) is 46.6. The quantitative estimate of drug-likeness (QED) is 0.0430. The first kappa shape index (κ1) is 67.7. The third kappa shape index (κ3) is 71.6. The molecule has 380 valence electrons. The number of nitrogens with zero attached hydrogens (tertiary/aromatic N) is 2. The van der Waals surface area contributed by atoms with Crippen LogP contribution in [0.4, 0.5) is 0 Å². The summed E-state index contributed by atoms with van der Waals surface area (Å²) in [7, 11) is 0. The van der Waals surface area contributed by atoms with Gasteiger partial charge in [0.15, 0.2) is 0 Å². The van der Waals surface area contributed by atoms with E-state index in [4.69, 9.17) is 0 Å². The topological polar surface area (TPSA) is 28.2 Å². The van der Waals surface area contributed by atoms with Crippen LogP contribution in [-0.2, 0) is 0 Å². The Kier molecular flexibility index (Phi) is 71.7. The first-order valence-electron chi connectivity index (χ1n) is 30.3. The van der Waals surface area contributed by atoms with E-state index in [-0.39, 0.29) is 0 Å². The average molecular weight is 904 g/mol. The Balaban J connectivity index is -0.00000132. The molecular weight excluding hydrogens is 776 g/mol. The molecule has 0 aliphatic rings. The van der Waals surface area contributed by atoms with Crippen LogP contribution >= 0.6 is 0 Å². The van der Waals surface area contributed by atoms with Crippen molar-refractivity contribution < 1.29 is 0 Å². The maximum Gasteiger partial charge on any atom is 0.991 e. The van der Waals surface area contributed by atoms with Crippen molar-refractivity contribution >= 4 is 14.1 Å². The molecule has 0 fully saturated rings. The van der Waals surface area contributed by atoms with Crippen molar-refractivity contribution in [2.24, 2.45) is 5.92 Å². The van der Waals surface area contributed by atoms with E-state index in [1.807, 2.05) is 0 Å². The van der Waals surface area contributed by atoms with Crippen molar-refractivity contribution in [3.05, 3.63) is 10.6 Å². The maximum atomic E-state index is 4.45.